The van der Waals surface area contributed by atoms with Gasteiger partial charge in [0.15, 0.2) is 0 Å². The summed E-state index contributed by atoms with van der Waals surface area (Å²) in [5, 5.41) is 9.44. The standard InChI is InChI=1S/C19H26N4O2/c1-4-6-12-22(11-5-2)14-16(13-20)19(25)23(15(3)24)18-9-7-17(21)8-10-18/h7-10,14H,4-6,11-12,21H2,1-3H3/b16-14-. The van der Waals surface area contributed by atoms with E-state index in [9.17, 15) is 14.9 Å². The van der Waals surface area contributed by atoms with Crippen LogP contribution in [0.3, 0.4) is 0 Å². The molecule has 0 bridgehead atoms. The number of nitrogens with two attached hydrogens (primary N) is 1. The first-order valence-corrected chi connectivity index (χ1v) is 8.51. The molecule has 6 heteroatoms. The zero-order chi connectivity index (χ0) is 18.8. The number of benzene rings is 1. The van der Waals surface area contributed by atoms with E-state index in [1.165, 1.54) is 6.92 Å². The van der Waals surface area contributed by atoms with E-state index in [1.54, 1.807) is 30.5 Å². The minimum atomic E-state index is -0.627. The number of nitrogens with zero attached hydrogens (tertiary/aromatic N) is 3. The van der Waals surface area contributed by atoms with Gasteiger partial charge in [0.25, 0.3) is 5.91 Å². The molecule has 1 rings (SSSR count). The summed E-state index contributed by atoms with van der Waals surface area (Å²) >= 11 is 0. The monoisotopic (exact) mass is 342 g/mol. The van der Waals surface area contributed by atoms with Crippen molar-refractivity contribution in [3.05, 3.63) is 36.0 Å². The van der Waals surface area contributed by atoms with Crippen molar-refractivity contribution in [1.82, 2.24) is 4.90 Å². The number of anilines is 2. The first-order chi connectivity index (χ1) is 11.9. The van der Waals surface area contributed by atoms with E-state index in [2.05, 4.69) is 6.92 Å². The van der Waals surface area contributed by atoms with Gasteiger partial charge in [-0.15, -0.1) is 0 Å². The summed E-state index contributed by atoms with van der Waals surface area (Å²) in [4.78, 5) is 27.7. The average Bonchev–Trinajstić information content (AvgIpc) is 2.58. The summed E-state index contributed by atoms with van der Waals surface area (Å²) < 4.78 is 0. The van der Waals surface area contributed by atoms with Crippen molar-refractivity contribution >= 4 is 23.2 Å². The maximum Gasteiger partial charge on any atom is 0.277 e. The lowest BCUT2D eigenvalue weighted by atomic mass is 10.2. The Bertz CT molecular complexity index is 659. The number of nitrogen functional groups attached to an aromatic ring is 1. The smallest absolute Gasteiger partial charge is 0.277 e. The Labute approximate surface area is 149 Å². The van der Waals surface area contributed by atoms with Gasteiger partial charge in [0, 0.05) is 31.9 Å². The molecule has 1 aromatic rings. The zero-order valence-corrected chi connectivity index (χ0v) is 15.2. The van der Waals surface area contributed by atoms with Crippen LogP contribution in [-0.2, 0) is 9.59 Å². The third-order valence-electron chi connectivity index (χ3n) is 3.64. The van der Waals surface area contributed by atoms with Gasteiger partial charge in [0.2, 0.25) is 5.91 Å². The molecule has 134 valence electrons. The topological polar surface area (TPSA) is 90.4 Å². The van der Waals surface area contributed by atoms with Crippen LogP contribution in [-0.4, -0.2) is 29.8 Å². The number of carbonyl (C=O) groups is 2. The van der Waals surface area contributed by atoms with Gasteiger partial charge >= 0.3 is 0 Å². The number of hydrogen-bond donors (Lipinski definition) is 1. The predicted octanol–water partition coefficient (Wildman–Crippen LogP) is 3.07. The summed E-state index contributed by atoms with van der Waals surface area (Å²) in [6.45, 7) is 6.94. The number of imide groups is 1. The average molecular weight is 342 g/mol. The van der Waals surface area contributed by atoms with Crippen LogP contribution in [0.2, 0.25) is 0 Å². The van der Waals surface area contributed by atoms with Crippen molar-refractivity contribution in [2.45, 2.75) is 40.0 Å². The first kappa shape index (κ1) is 20.2. The second kappa shape index (κ2) is 10.1. The summed E-state index contributed by atoms with van der Waals surface area (Å²) in [6.07, 6.45) is 4.46. The molecule has 0 spiro atoms. The van der Waals surface area contributed by atoms with Gasteiger partial charge in [-0.2, -0.15) is 5.26 Å². The Kier molecular flexibility index (Phi) is 8.21. The second-order valence-electron chi connectivity index (χ2n) is 5.80. The molecule has 0 saturated heterocycles. The van der Waals surface area contributed by atoms with Crippen LogP contribution in [0.4, 0.5) is 11.4 Å². The van der Waals surface area contributed by atoms with E-state index >= 15 is 0 Å². The lowest BCUT2D eigenvalue weighted by Crippen LogP contribution is -2.36. The predicted molar refractivity (Wildman–Crippen MR) is 99.5 cm³/mol. The third kappa shape index (κ3) is 5.96. The van der Waals surface area contributed by atoms with Gasteiger partial charge in [-0.3, -0.25) is 9.59 Å². The van der Waals surface area contributed by atoms with Crippen LogP contribution in [0.5, 0.6) is 0 Å². The highest BCUT2D eigenvalue weighted by molar-refractivity contribution is 6.21. The van der Waals surface area contributed by atoms with Crippen LogP contribution in [0.1, 0.15) is 40.0 Å². The Morgan fingerprint density at radius 3 is 2.28 bits per heavy atom. The van der Waals surface area contributed by atoms with Crippen LogP contribution in [0.15, 0.2) is 36.0 Å². The molecule has 25 heavy (non-hydrogen) atoms. The molecule has 0 unspecified atom stereocenters. The molecule has 0 atom stereocenters. The van der Waals surface area contributed by atoms with Crippen molar-refractivity contribution in [3.8, 4) is 6.07 Å². The molecule has 6 nitrogen and oxygen atoms in total. The maximum absolute atomic E-state index is 12.8. The molecule has 2 amide bonds. The van der Waals surface area contributed by atoms with E-state index in [0.717, 1.165) is 37.3 Å². The fourth-order valence-electron chi connectivity index (χ4n) is 2.39. The Morgan fingerprint density at radius 2 is 1.80 bits per heavy atom. The fourth-order valence-corrected chi connectivity index (χ4v) is 2.39. The van der Waals surface area contributed by atoms with Crippen LogP contribution < -0.4 is 10.6 Å². The molecule has 0 fully saturated rings. The number of nitriles is 1. The van der Waals surface area contributed by atoms with E-state index in [0.29, 0.717) is 11.4 Å². The van der Waals surface area contributed by atoms with E-state index < -0.39 is 11.8 Å². The molecule has 0 aliphatic rings. The number of unbranched alkanes of at least 4 members (excludes halogenated alkanes) is 1. The highest BCUT2D eigenvalue weighted by atomic mass is 16.2. The van der Waals surface area contributed by atoms with Crippen LogP contribution in [0, 0.1) is 11.3 Å². The van der Waals surface area contributed by atoms with Gasteiger partial charge in [-0.1, -0.05) is 20.3 Å². The summed E-state index contributed by atoms with van der Waals surface area (Å²) in [7, 11) is 0. The van der Waals surface area contributed by atoms with Gasteiger partial charge in [-0.05, 0) is 37.1 Å². The number of amides is 2. The molecule has 0 aliphatic carbocycles. The zero-order valence-electron chi connectivity index (χ0n) is 15.2. The molecule has 0 saturated carbocycles. The van der Waals surface area contributed by atoms with E-state index in [-0.39, 0.29) is 5.57 Å². The molecular weight excluding hydrogens is 316 g/mol. The lowest BCUT2D eigenvalue weighted by Gasteiger charge is -2.22. The maximum atomic E-state index is 12.8. The summed E-state index contributed by atoms with van der Waals surface area (Å²) in [5.74, 6) is -1.08. The molecular formula is C19H26N4O2. The van der Waals surface area contributed by atoms with E-state index in [1.807, 2.05) is 17.9 Å². The van der Waals surface area contributed by atoms with Crippen molar-refractivity contribution in [3.63, 3.8) is 0 Å². The summed E-state index contributed by atoms with van der Waals surface area (Å²) in [5.41, 5.74) is 6.52. The second-order valence-corrected chi connectivity index (χ2v) is 5.80. The third-order valence-corrected chi connectivity index (χ3v) is 3.64. The number of rotatable bonds is 8. The Morgan fingerprint density at radius 1 is 1.16 bits per heavy atom. The molecule has 0 heterocycles. The normalized spacial score (nSPS) is 10.9. The van der Waals surface area contributed by atoms with Gasteiger partial charge in [0.1, 0.15) is 11.6 Å². The SMILES string of the molecule is CCCCN(/C=C(/C#N)C(=O)N(C(C)=O)c1ccc(N)cc1)CCC. The minimum Gasteiger partial charge on any atom is -0.399 e. The first-order valence-electron chi connectivity index (χ1n) is 8.51. The Balaban J connectivity index is 3.14. The molecule has 0 aliphatic heterocycles. The van der Waals surface area contributed by atoms with E-state index in [4.69, 9.17) is 5.73 Å². The van der Waals surface area contributed by atoms with Crippen LogP contribution >= 0.6 is 0 Å². The number of hydrogen-bond acceptors (Lipinski definition) is 5. The van der Waals surface area contributed by atoms with Crippen molar-refractivity contribution in [1.29, 1.82) is 5.26 Å². The van der Waals surface area contributed by atoms with Gasteiger partial charge in [-0.25, -0.2) is 4.90 Å². The molecule has 2 N–H and O–H groups in total. The Hall–Kier alpha value is -2.81. The highest BCUT2D eigenvalue weighted by Crippen LogP contribution is 2.19. The van der Waals surface area contributed by atoms with Gasteiger partial charge in [0.05, 0.1) is 5.69 Å². The molecule has 1 aromatic carbocycles. The van der Waals surface area contributed by atoms with Gasteiger partial charge < -0.3 is 10.6 Å². The quantitative estimate of drug-likeness (QED) is 0.445. The van der Waals surface area contributed by atoms with Crippen LogP contribution in [0.25, 0.3) is 0 Å². The van der Waals surface area contributed by atoms with Crippen molar-refractivity contribution in [2.24, 2.45) is 0 Å². The van der Waals surface area contributed by atoms with Crippen molar-refractivity contribution in [2.75, 3.05) is 23.7 Å². The van der Waals surface area contributed by atoms with Crippen molar-refractivity contribution < 1.29 is 9.59 Å². The fraction of sp³-hybridized carbons (Fsp3) is 0.421. The highest BCUT2D eigenvalue weighted by Gasteiger charge is 2.24. The lowest BCUT2D eigenvalue weighted by molar-refractivity contribution is -0.123. The molecule has 0 aromatic heterocycles. The molecule has 0 radical (unpaired) electrons. The summed E-state index contributed by atoms with van der Waals surface area (Å²) in [6, 6.07) is 8.33. The minimum absolute atomic E-state index is 0.0587. The largest absolute Gasteiger partial charge is 0.399 e. The number of carbonyl (C=O) groups excluding carboxylic acids is 2.